The van der Waals surface area contributed by atoms with Crippen LogP contribution in [0.3, 0.4) is 0 Å². The lowest BCUT2D eigenvalue weighted by atomic mass is 10.3. The Hall–Kier alpha value is -1.63. The van der Waals surface area contributed by atoms with E-state index in [0.29, 0.717) is 25.6 Å². The van der Waals surface area contributed by atoms with Gasteiger partial charge in [-0.05, 0) is 31.4 Å². The van der Waals surface area contributed by atoms with E-state index in [0.717, 1.165) is 12.3 Å². The van der Waals surface area contributed by atoms with Gasteiger partial charge in [0.1, 0.15) is 5.69 Å². The first kappa shape index (κ1) is 23.4. The first-order valence-corrected chi connectivity index (χ1v) is 9.00. The minimum absolute atomic E-state index is 0. The van der Waals surface area contributed by atoms with Crippen LogP contribution < -0.4 is 16.0 Å². The molecular formula is C16H22F3IN6S. The third-order valence-corrected chi connectivity index (χ3v) is 4.33. The summed E-state index contributed by atoms with van der Waals surface area (Å²) < 4.78 is 37.9. The molecular weight excluding hydrogens is 492 g/mol. The van der Waals surface area contributed by atoms with Gasteiger partial charge in [-0.1, -0.05) is 6.07 Å². The van der Waals surface area contributed by atoms with Gasteiger partial charge >= 0.3 is 6.18 Å². The fourth-order valence-electron chi connectivity index (χ4n) is 2.07. The van der Waals surface area contributed by atoms with E-state index < -0.39 is 11.9 Å². The van der Waals surface area contributed by atoms with Crippen molar-refractivity contribution >= 4 is 47.2 Å². The Bertz CT molecular complexity index is 708. The van der Waals surface area contributed by atoms with Crippen molar-refractivity contribution in [2.75, 3.05) is 25.0 Å². The van der Waals surface area contributed by atoms with E-state index in [2.05, 4.69) is 30.9 Å². The molecule has 150 valence electrons. The minimum Gasteiger partial charge on any atom is -0.357 e. The third-order valence-electron chi connectivity index (χ3n) is 3.28. The van der Waals surface area contributed by atoms with Crippen molar-refractivity contribution in [1.82, 2.24) is 20.6 Å². The van der Waals surface area contributed by atoms with Crippen LogP contribution in [0.5, 0.6) is 0 Å². The monoisotopic (exact) mass is 514 g/mol. The largest absolute Gasteiger partial charge is 0.433 e. The number of hydrogen-bond donors (Lipinski definition) is 3. The standard InChI is InChI=1S/C16H21F3N6S.HI/c1-3-20-14(24-11(2)12-5-4-10-26-12)22-8-9-23-15-21-7-6-13(25-15)16(17,18)19;/h4-7,10-11H,3,8-9H2,1-2H3,(H2,20,22,24)(H,21,23,25);1H. The Morgan fingerprint density at radius 1 is 1.33 bits per heavy atom. The number of nitrogens with one attached hydrogen (secondary N) is 3. The summed E-state index contributed by atoms with van der Waals surface area (Å²) in [5.74, 6) is 0.570. The molecule has 1 atom stereocenters. The van der Waals surface area contributed by atoms with E-state index in [1.807, 2.05) is 31.4 Å². The molecule has 27 heavy (non-hydrogen) atoms. The van der Waals surface area contributed by atoms with Gasteiger partial charge in [-0.15, -0.1) is 35.3 Å². The van der Waals surface area contributed by atoms with Gasteiger partial charge in [-0.25, -0.2) is 9.97 Å². The lowest BCUT2D eigenvalue weighted by Crippen LogP contribution is -2.38. The summed E-state index contributed by atoms with van der Waals surface area (Å²) in [4.78, 5) is 12.8. The molecule has 2 aromatic rings. The summed E-state index contributed by atoms with van der Waals surface area (Å²) in [7, 11) is 0. The molecule has 2 heterocycles. The normalized spacial score (nSPS) is 12.9. The molecule has 6 nitrogen and oxygen atoms in total. The molecule has 0 bridgehead atoms. The molecule has 0 saturated heterocycles. The topological polar surface area (TPSA) is 74.2 Å². The summed E-state index contributed by atoms with van der Waals surface area (Å²) in [5, 5.41) is 11.2. The van der Waals surface area contributed by atoms with Crippen LogP contribution in [-0.4, -0.2) is 35.6 Å². The van der Waals surface area contributed by atoms with Gasteiger partial charge in [-0.3, -0.25) is 4.99 Å². The molecule has 11 heteroatoms. The molecule has 0 saturated carbocycles. The second-order valence-electron chi connectivity index (χ2n) is 5.33. The molecule has 3 N–H and O–H groups in total. The maximum Gasteiger partial charge on any atom is 0.433 e. The molecule has 0 aliphatic heterocycles. The van der Waals surface area contributed by atoms with Gasteiger partial charge in [-0.2, -0.15) is 13.2 Å². The van der Waals surface area contributed by atoms with Crippen LogP contribution in [0.2, 0.25) is 0 Å². The van der Waals surface area contributed by atoms with Crippen LogP contribution >= 0.6 is 35.3 Å². The SMILES string of the molecule is CCNC(=NCCNc1nccc(C(F)(F)F)n1)NC(C)c1cccs1.I. The van der Waals surface area contributed by atoms with E-state index in [4.69, 9.17) is 0 Å². The van der Waals surface area contributed by atoms with Crippen LogP contribution in [-0.2, 0) is 6.18 Å². The molecule has 0 amide bonds. The van der Waals surface area contributed by atoms with Crippen molar-refractivity contribution in [2.24, 2.45) is 4.99 Å². The molecule has 1 unspecified atom stereocenters. The van der Waals surface area contributed by atoms with Crippen molar-refractivity contribution in [2.45, 2.75) is 26.1 Å². The maximum absolute atomic E-state index is 12.6. The van der Waals surface area contributed by atoms with Gasteiger partial charge in [0, 0.05) is 24.2 Å². The summed E-state index contributed by atoms with van der Waals surface area (Å²) in [6.45, 7) is 5.36. The number of guanidine groups is 1. The summed E-state index contributed by atoms with van der Waals surface area (Å²) >= 11 is 1.65. The van der Waals surface area contributed by atoms with E-state index in [1.54, 1.807) is 11.3 Å². The van der Waals surface area contributed by atoms with Gasteiger partial charge in [0.25, 0.3) is 0 Å². The smallest absolute Gasteiger partial charge is 0.357 e. The fourth-order valence-corrected chi connectivity index (χ4v) is 2.81. The highest BCUT2D eigenvalue weighted by molar-refractivity contribution is 14.0. The predicted octanol–water partition coefficient (Wildman–Crippen LogP) is 3.90. The predicted molar refractivity (Wildman–Crippen MR) is 113 cm³/mol. The number of aliphatic imine (C=N–C) groups is 1. The highest BCUT2D eigenvalue weighted by Crippen LogP contribution is 2.27. The number of anilines is 1. The first-order valence-electron chi connectivity index (χ1n) is 8.12. The van der Waals surface area contributed by atoms with Crippen molar-refractivity contribution in [3.63, 3.8) is 0 Å². The summed E-state index contributed by atoms with van der Waals surface area (Å²) in [6.07, 6.45) is -3.41. The van der Waals surface area contributed by atoms with E-state index >= 15 is 0 Å². The number of nitrogens with zero attached hydrogens (tertiary/aromatic N) is 3. The molecule has 0 radical (unpaired) electrons. The molecule has 2 rings (SSSR count). The minimum atomic E-state index is -4.49. The zero-order valence-electron chi connectivity index (χ0n) is 14.9. The molecule has 0 spiro atoms. The Kier molecular flexibility index (Phi) is 9.77. The van der Waals surface area contributed by atoms with Gasteiger partial charge in [0.2, 0.25) is 5.95 Å². The third kappa shape index (κ3) is 7.87. The Morgan fingerprint density at radius 3 is 2.74 bits per heavy atom. The van der Waals surface area contributed by atoms with Crippen LogP contribution in [0.25, 0.3) is 0 Å². The molecule has 0 fully saturated rings. The van der Waals surface area contributed by atoms with Crippen molar-refractivity contribution in [1.29, 1.82) is 0 Å². The fraction of sp³-hybridized carbons (Fsp3) is 0.438. The van der Waals surface area contributed by atoms with Crippen LogP contribution in [0.4, 0.5) is 19.1 Å². The number of hydrogen-bond acceptors (Lipinski definition) is 5. The Morgan fingerprint density at radius 2 is 2.11 bits per heavy atom. The van der Waals surface area contributed by atoms with Gasteiger partial charge in [0.15, 0.2) is 5.96 Å². The second-order valence-corrected chi connectivity index (χ2v) is 6.31. The van der Waals surface area contributed by atoms with Crippen molar-refractivity contribution < 1.29 is 13.2 Å². The number of halogens is 4. The van der Waals surface area contributed by atoms with E-state index in [-0.39, 0.29) is 36.0 Å². The maximum atomic E-state index is 12.6. The van der Waals surface area contributed by atoms with Gasteiger partial charge in [0.05, 0.1) is 12.6 Å². The highest BCUT2D eigenvalue weighted by Gasteiger charge is 2.32. The summed E-state index contributed by atoms with van der Waals surface area (Å²) in [6, 6.07) is 4.97. The number of aromatic nitrogens is 2. The summed E-state index contributed by atoms with van der Waals surface area (Å²) in [5.41, 5.74) is -0.974. The van der Waals surface area contributed by atoms with E-state index in [9.17, 15) is 13.2 Å². The van der Waals surface area contributed by atoms with E-state index in [1.165, 1.54) is 4.88 Å². The number of alkyl halides is 3. The van der Waals surface area contributed by atoms with Crippen LogP contribution in [0.15, 0.2) is 34.8 Å². The van der Waals surface area contributed by atoms with Crippen molar-refractivity contribution in [3.05, 3.63) is 40.3 Å². The highest BCUT2D eigenvalue weighted by atomic mass is 127. The van der Waals surface area contributed by atoms with Crippen molar-refractivity contribution in [3.8, 4) is 0 Å². The lowest BCUT2D eigenvalue weighted by molar-refractivity contribution is -0.141. The zero-order valence-corrected chi connectivity index (χ0v) is 18.0. The average Bonchev–Trinajstić information content (AvgIpc) is 3.13. The molecule has 0 aliphatic rings. The van der Waals surface area contributed by atoms with Gasteiger partial charge < -0.3 is 16.0 Å². The first-order chi connectivity index (χ1) is 12.4. The molecule has 2 aromatic heterocycles. The zero-order chi connectivity index (χ0) is 19.0. The number of rotatable bonds is 7. The Balaban J connectivity index is 0.00000364. The second kappa shape index (κ2) is 11.3. The lowest BCUT2D eigenvalue weighted by Gasteiger charge is -2.16. The average molecular weight is 514 g/mol. The van der Waals surface area contributed by atoms with Crippen LogP contribution in [0, 0.1) is 0 Å². The molecule has 0 aromatic carbocycles. The van der Waals surface area contributed by atoms with Crippen LogP contribution in [0.1, 0.15) is 30.5 Å². The quantitative estimate of drug-likeness (QED) is 0.226. The molecule has 0 aliphatic carbocycles. The number of thiophene rings is 1. The Labute approximate surface area is 177 Å².